The molecule has 2 nitrogen and oxygen atoms in total. The predicted octanol–water partition coefficient (Wildman–Crippen LogP) is 2.21. The summed E-state index contributed by atoms with van der Waals surface area (Å²) >= 11 is 0. The summed E-state index contributed by atoms with van der Waals surface area (Å²) in [4.78, 5) is 7.59. The van der Waals surface area contributed by atoms with E-state index in [1.165, 1.54) is 6.33 Å². The zero-order valence-electron chi connectivity index (χ0n) is 7.35. The fourth-order valence-electron chi connectivity index (χ4n) is 1.72. The lowest BCUT2D eigenvalue weighted by atomic mass is 9.92. The van der Waals surface area contributed by atoms with Crippen LogP contribution in [0.15, 0.2) is 6.33 Å². The molecule has 0 spiro atoms. The van der Waals surface area contributed by atoms with Crippen LogP contribution < -0.4 is 0 Å². The van der Waals surface area contributed by atoms with Gasteiger partial charge in [-0.25, -0.2) is 9.97 Å². The van der Waals surface area contributed by atoms with Crippen molar-refractivity contribution in [2.75, 3.05) is 0 Å². The number of aryl methyl sites for hydroxylation is 1. The van der Waals surface area contributed by atoms with E-state index in [0.717, 1.165) is 0 Å². The molecule has 13 heavy (non-hydrogen) atoms. The number of rotatable bonds is 0. The molecule has 4 heteroatoms. The zero-order valence-corrected chi connectivity index (χ0v) is 7.35. The van der Waals surface area contributed by atoms with Crippen molar-refractivity contribution in [1.82, 2.24) is 9.97 Å². The van der Waals surface area contributed by atoms with E-state index in [1.807, 2.05) is 0 Å². The normalized spacial score (nSPS) is 19.6. The number of halogens is 2. The maximum atomic E-state index is 13.3. The Hall–Kier alpha value is -1.06. The van der Waals surface area contributed by atoms with Gasteiger partial charge in [-0.2, -0.15) is 8.78 Å². The van der Waals surface area contributed by atoms with Crippen LogP contribution in [0.1, 0.15) is 29.8 Å². The molecule has 1 aliphatic rings. The average molecular weight is 184 g/mol. The van der Waals surface area contributed by atoms with Gasteiger partial charge in [0.15, 0.2) is 0 Å². The first kappa shape index (κ1) is 8.53. The molecule has 0 saturated heterocycles. The van der Waals surface area contributed by atoms with Crippen LogP contribution in [0, 0.1) is 6.92 Å². The summed E-state index contributed by atoms with van der Waals surface area (Å²) in [7, 11) is 0. The summed E-state index contributed by atoms with van der Waals surface area (Å²) in [6.45, 7) is 1.75. The fraction of sp³-hybridized carbons (Fsp3) is 0.556. The van der Waals surface area contributed by atoms with E-state index in [2.05, 4.69) is 9.97 Å². The number of fused-ring (bicyclic) bond motifs is 1. The number of alkyl halides is 2. The lowest BCUT2D eigenvalue weighted by molar-refractivity contribution is -0.0266. The summed E-state index contributed by atoms with van der Waals surface area (Å²) in [6.07, 6.45) is 2.33. The van der Waals surface area contributed by atoms with Gasteiger partial charge in [0, 0.05) is 17.7 Å². The summed E-state index contributed by atoms with van der Waals surface area (Å²) in [5.74, 6) is -2.75. The van der Waals surface area contributed by atoms with E-state index >= 15 is 0 Å². The molecule has 0 N–H and O–H groups in total. The molecule has 0 saturated carbocycles. The molecule has 0 fully saturated rings. The highest BCUT2D eigenvalue weighted by Gasteiger charge is 2.38. The molecular weight excluding hydrogens is 174 g/mol. The second-order valence-corrected chi connectivity index (χ2v) is 3.34. The molecule has 1 heterocycles. The summed E-state index contributed by atoms with van der Waals surface area (Å²) in [5, 5.41) is 0. The van der Waals surface area contributed by atoms with Crippen molar-refractivity contribution in [3.8, 4) is 0 Å². The molecule has 0 unspecified atom stereocenters. The third-order valence-corrected chi connectivity index (χ3v) is 2.42. The van der Waals surface area contributed by atoms with Gasteiger partial charge in [-0.15, -0.1) is 0 Å². The first-order valence-electron chi connectivity index (χ1n) is 4.30. The molecule has 0 radical (unpaired) electrons. The van der Waals surface area contributed by atoms with Crippen molar-refractivity contribution < 1.29 is 8.78 Å². The number of hydrogen-bond acceptors (Lipinski definition) is 2. The highest BCUT2D eigenvalue weighted by atomic mass is 19.3. The van der Waals surface area contributed by atoms with Gasteiger partial charge in [-0.1, -0.05) is 0 Å². The Morgan fingerprint density at radius 1 is 1.38 bits per heavy atom. The van der Waals surface area contributed by atoms with Crippen LogP contribution in [0.4, 0.5) is 8.78 Å². The minimum atomic E-state index is -2.75. The highest BCUT2D eigenvalue weighted by molar-refractivity contribution is 5.29. The average Bonchev–Trinajstić information content (AvgIpc) is 2.06. The van der Waals surface area contributed by atoms with Gasteiger partial charge in [0.05, 0.1) is 0 Å². The second kappa shape index (κ2) is 2.72. The van der Waals surface area contributed by atoms with Crippen LogP contribution in [-0.4, -0.2) is 9.97 Å². The third-order valence-electron chi connectivity index (χ3n) is 2.42. The van der Waals surface area contributed by atoms with Crippen molar-refractivity contribution in [3.63, 3.8) is 0 Å². The van der Waals surface area contributed by atoms with Crippen LogP contribution in [0.2, 0.25) is 0 Å². The fourth-order valence-corrected chi connectivity index (χ4v) is 1.72. The Balaban J connectivity index is 2.58. The molecule has 0 aromatic carbocycles. The van der Waals surface area contributed by atoms with E-state index < -0.39 is 5.92 Å². The van der Waals surface area contributed by atoms with Crippen molar-refractivity contribution >= 4 is 0 Å². The number of aromatic nitrogens is 2. The smallest absolute Gasteiger partial charge is 0.241 e. The Labute approximate surface area is 75.0 Å². The van der Waals surface area contributed by atoms with Crippen molar-refractivity contribution in [1.29, 1.82) is 0 Å². The molecule has 0 atom stereocenters. The van der Waals surface area contributed by atoms with Crippen molar-refractivity contribution in [3.05, 3.63) is 23.3 Å². The molecule has 1 aromatic rings. The molecule has 0 bridgehead atoms. The minimum absolute atomic E-state index is 0.0637. The van der Waals surface area contributed by atoms with E-state index in [0.29, 0.717) is 24.1 Å². The number of nitrogens with zero attached hydrogens (tertiary/aromatic N) is 2. The van der Waals surface area contributed by atoms with E-state index in [1.54, 1.807) is 6.92 Å². The van der Waals surface area contributed by atoms with Gasteiger partial charge in [0.1, 0.15) is 12.0 Å². The zero-order chi connectivity index (χ0) is 9.47. The second-order valence-electron chi connectivity index (χ2n) is 3.34. The van der Waals surface area contributed by atoms with Crippen molar-refractivity contribution in [2.24, 2.45) is 0 Å². The van der Waals surface area contributed by atoms with Crippen LogP contribution in [0.5, 0.6) is 0 Å². The van der Waals surface area contributed by atoms with Gasteiger partial charge in [-0.3, -0.25) is 0 Å². The van der Waals surface area contributed by atoms with Crippen LogP contribution >= 0.6 is 0 Å². The summed E-state index contributed by atoms with van der Waals surface area (Å²) in [6, 6.07) is 0. The summed E-state index contributed by atoms with van der Waals surface area (Å²) < 4.78 is 26.6. The Morgan fingerprint density at radius 2 is 2.15 bits per heavy atom. The largest absolute Gasteiger partial charge is 0.290 e. The number of hydrogen-bond donors (Lipinski definition) is 0. The predicted molar refractivity (Wildman–Crippen MR) is 43.6 cm³/mol. The monoisotopic (exact) mass is 184 g/mol. The maximum absolute atomic E-state index is 13.3. The standard InChI is InChI=1S/C9H10F2N2/c1-6-7-3-2-4-9(10,11)8(7)13-5-12-6/h5H,2-4H2,1H3. The topological polar surface area (TPSA) is 25.8 Å². The van der Waals surface area contributed by atoms with Gasteiger partial charge >= 0.3 is 0 Å². The van der Waals surface area contributed by atoms with Gasteiger partial charge < -0.3 is 0 Å². The Bertz CT molecular complexity index is 336. The molecule has 1 aromatic heterocycles. The SMILES string of the molecule is Cc1ncnc2c1CCCC2(F)F. The van der Waals surface area contributed by atoms with Gasteiger partial charge in [0.2, 0.25) is 0 Å². The lowest BCUT2D eigenvalue weighted by Crippen LogP contribution is -2.23. The first-order valence-corrected chi connectivity index (χ1v) is 4.30. The van der Waals surface area contributed by atoms with E-state index in [-0.39, 0.29) is 12.1 Å². The quantitative estimate of drug-likeness (QED) is 0.617. The van der Waals surface area contributed by atoms with E-state index in [4.69, 9.17) is 0 Å². The van der Waals surface area contributed by atoms with Crippen molar-refractivity contribution in [2.45, 2.75) is 32.1 Å². The molecule has 2 rings (SSSR count). The molecular formula is C9H10F2N2. The van der Waals surface area contributed by atoms with E-state index in [9.17, 15) is 8.78 Å². The molecule has 1 aliphatic carbocycles. The van der Waals surface area contributed by atoms with Gasteiger partial charge in [-0.05, 0) is 19.8 Å². The summed E-state index contributed by atoms with van der Waals surface area (Å²) in [5.41, 5.74) is 1.26. The Morgan fingerprint density at radius 3 is 2.85 bits per heavy atom. The first-order chi connectivity index (χ1) is 6.11. The molecule has 70 valence electrons. The van der Waals surface area contributed by atoms with Crippen LogP contribution in [-0.2, 0) is 12.3 Å². The van der Waals surface area contributed by atoms with Crippen LogP contribution in [0.3, 0.4) is 0 Å². The lowest BCUT2D eigenvalue weighted by Gasteiger charge is -2.24. The molecule has 0 aliphatic heterocycles. The Kier molecular flexibility index (Phi) is 1.78. The molecule has 0 amide bonds. The van der Waals surface area contributed by atoms with Crippen LogP contribution in [0.25, 0.3) is 0 Å². The van der Waals surface area contributed by atoms with Gasteiger partial charge in [0.25, 0.3) is 5.92 Å². The maximum Gasteiger partial charge on any atom is 0.290 e. The third kappa shape index (κ3) is 1.30. The highest BCUT2D eigenvalue weighted by Crippen LogP contribution is 2.38. The minimum Gasteiger partial charge on any atom is -0.241 e.